The molecule has 0 unspecified atom stereocenters. The van der Waals surface area contributed by atoms with Crippen molar-refractivity contribution in [2.45, 2.75) is 4.90 Å². The number of aromatic nitrogens is 3. The molecule has 0 saturated carbocycles. The number of benzene rings is 2. The molecular formula is C14H12N4O2S2. The second-order valence-corrected chi connectivity index (χ2v) is 6.54. The zero-order valence-corrected chi connectivity index (χ0v) is 12.9. The summed E-state index contributed by atoms with van der Waals surface area (Å²) in [4.78, 5) is 0.0524. The van der Waals surface area contributed by atoms with Crippen LogP contribution in [0.15, 0.2) is 59.5 Å². The number of sulfonamides is 1. The van der Waals surface area contributed by atoms with E-state index in [-0.39, 0.29) is 4.90 Å². The van der Waals surface area contributed by atoms with Crippen molar-refractivity contribution in [2.24, 2.45) is 5.14 Å². The van der Waals surface area contributed by atoms with Gasteiger partial charge in [0.2, 0.25) is 10.0 Å². The van der Waals surface area contributed by atoms with Gasteiger partial charge in [0, 0.05) is 11.3 Å². The summed E-state index contributed by atoms with van der Waals surface area (Å²) in [6, 6.07) is 15.7. The van der Waals surface area contributed by atoms with E-state index < -0.39 is 10.0 Å². The average Bonchev–Trinajstić information content (AvgIpc) is 2.89. The molecule has 0 spiro atoms. The highest BCUT2D eigenvalue weighted by Gasteiger charge is 2.12. The number of hydrogen-bond donors (Lipinski definition) is 2. The van der Waals surface area contributed by atoms with Crippen LogP contribution in [0.25, 0.3) is 17.1 Å². The van der Waals surface area contributed by atoms with Crippen molar-refractivity contribution in [1.29, 1.82) is 0 Å². The number of H-pyrrole nitrogens is 1. The maximum Gasteiger partial charge on any atom is 0.238 e. The van der Waals surface area contributed by atoms with E-state index in [1.807, 2.05) is 30.3 Å². The maximum absolute atomic E-state index is 11.3. The smallest absolute Gasteiger partial charge is 0.238 e. The monoisotopic (exact) mass is 332 g/mol. The predicted octanol–water partition coefficient (Wildman–Crippen LogP) is 2.24. The molecule has 6 nitrogen and oxygen atoms in total. The van der Waals surface area contributed by atoms with E-state index in [1.165, 1.54) is 12.1 Å². The highest BCUT2D eigenvalue weighted by molar-refractivity contribution is 7.89. The van der Waals surface area contributed by atoms with Gasteiger partial charge in [0.25, 0.3) is 0 Å². The second kappa shape index (κ2) is 5.48. The Morgan fingerprint density at radius 2 is 1.68 bits per heavy atom. The van der Waals surface area contributed by atoms with Crippen molar-refractivity contribution in [3.05, 3.63) is 59.4 Å². The van der Waals surface area contributed by atoms with Gasteiger partial charge in [-0.25, -0.2) is 13.6 Å². The molecule has 1 aromatic heterocycles. The molecule has 0 radical (unpaired) electrons. The van der Waals surface area contributed by atoms with Crippen LogP contribution in [0.4, 0.5) is 0 Å². The first-order chi connectivity index (χ1) is 10.5. The fourth-order valence-corrected chi connectivity index (χ4v) is 2.85. The van der Waals surface area contributed by atoms with Crippen molar-refractivity contribution < 1.29 is 8.42 Å². The van der Waals surface area contributed by atoms with E-state index in [0.717, 1.165) is 11.3 Å². The van der Waals surface area contributed by atoms with Crippen LogP contribution in [-0.2, 0) is 10.0 Å². The molecule has 2 aromatic carbocycles. The Morgan fingerprint density at radius 3 is 2.27 bits per heavy atom. The Kier molecular flexibility index (Phi) is 3.65. The van der Waals surface area contributed by atoms with Crippen LogP contribution in [0, 0.1) is 4.77 Å². The van der Waals surface area contributed by atoms with Crippen molar-refractivity contribution >= 4 is 22.2 Å². The molecule has 112 valence electrons. The zero-order valence-electron chi connectivity index (χ0n) is 11.3. The Hall–Kier alpha value is -2.29. The van der Waals surface area contributed by atoms with E-state index in [1.54, 1.807) is 16.7 Å². The molecule has 0 amide bonds. The van der Waals surface area contributed by atoms with Crippen LogP contribution in [-0.4, -0.2) is 23.2 Å². The molecule has 0 fully saturated rings. The molecule has 1 heterocycles. The second-order valence-electron chi connectivity index (χ2n) is 4.59. The molecule has 22 heavy (non-hydrogen) atoms. The summed E-state index contributed by atoms with van der Waals surface area (Å²) in [6.45, 7) is 0. The van der Waals surface area contributed by atoms with E-state index >= 15 is 0 Å². The predicted molar refractivity (Wildman–Crippen MR) is 85.6 cm³/mol. The highest BCUT2D eigenvalue weighted by Crippen LogP contribution is 2.22. The van der Waals surface area contributed by atoms with Crippen LogP contribution < -0.4 is 5.14 Å². The zero-order chi connectivity index (χ0) is 15.7. The summed E-state index contributed by atoms with van der Waals surface area (Å²) in [7, 11) is -3.71. The van der Waals surface area contributed by atoms with Gasteiger partial charge >= 0.3 is 0 Å². The fraction of sp³-hybridized carbons (Fsp3) is 0. The molecule has 0 aliphatic heterocycles. The van der Waals surface area contributed by atoms with E-state index in [9.17, 15) is 8.42 Å². The van der Waals surface area contributed by atoms with Gasteiger partial charge in [-0.05, 0) is 48.6 Å². The van der Waals surface area contributed by atoms with Crippen LogP contribution in [0.3, 0.4) is 0 Å². The molecule has 0 saturated heterocycles. The third-order valence-electron chi connectivity index (χ3n) is 3.13. The van der Waals surface area contributed by atoms with Gasteiger partial charge in [-0.15, -0.1) is 0 Å². The first-order valence-electron chi connectivity index (χ1n) is 6.33. The first-order valence-corrected chi connectivity index (χ1v) is 8.28. The molecular weight excluding hydrogens is 320 g/mol. The molecule has 3 N–H and O–H groups in total. The minimum absolute atomic E-state index is 0.0524. The van der Waals surface area contributed by atoms with Gasteiger partial charge < -0.3 is 0 Å². The summed E-state index contributed by atoms with van der Waals surface area (Å²) in [6.07, 6.45) is 0. The third-order valence-corrected chi connectivity index (χ3v) is 4.33. The molecule has 3 rings (SSSR count). The summed E-state index contributed by atoms with van der Waals surface area (Å²) >= 11 is 5.27. The summed E-state index contributed by atoms with van der Waals surface area (Å²) in [5.74, 6) is 0.595. The lowest BCUT2D eigenvalue weighted by atomic mass is 10.2. The number of nitrogens with one attached hydrogen (secondary N) is 1. The number of primary sulfonamides is 1. The quantitative estimate of drug-likeness (QED) is 0.719. The number of para-hydroxylation sites is 1. The number of nitrogens with two attached hydrogens (primary N) is 1. The van der Waals surface area contributed by atoms with Gasteiger partial charge in [0.15, 0.2) is 10.6 Å². The van der Waals surface area contributed by atoms with Crippen molar-refractivity contribution in [3.8, 4) is 17.1 Å². The fourth-order valence-electron chi connectivity index (χ4n) is 2.10. The van der Waals surface area contributed by atoms with Crippen molar-refractivity contribution in [1.82, 2.24) is 14.8 Å². The number of nitrogens with zero attached hydrogens (tertiary/aromatic N) is 2. The van der Waals surface area contributed by atoms with E-state index in [4.69, 9.17) is 17.4 Å². The van der Waals surface area contributed by atoms with Crippen LogP contribution in [0.1, 0.15) is 0 Å². The largest absolute Gasteiger partial charge is 0.268 e. The minimum atomic E-state index is -3.71. The highest BCUT2D eigenvalue weighted by atomic mass is 32.2. The lowest BCUT2D eigenvalue weighted by Crippen LogP contribution is -2.11. The minimum Gasteiger partial charge on any atom is -0.268 e. The summed E-state index contributed by atoms with van der Waals surface area (Å²) in [5, 5.41) is 12.1. The number of aromatic amines is 1. The van der Waals surface area contributed by atoms with Crippen LogP contribution in [0.5, 0.6) is 0 Å². The first kappa shape index (κ1) is 14.6. The maximum atomic E-state index is 11.3. The molecule has 3 aromatic rings. The average molecular weight is 332 g/mol. The lowest BCUT2D eigenvalue weighted by Gasteiger charge is -2.07. The topological polar surface area (TPSA) is 93.8 Å². The molecule has 0 aliphatic rings. The third kappa shape index (κ3) is 2.71. The normalized spacial score (nSPS) is 11.5. The molecule has 0 atom stereocenters. The number of hydrogen-bond acceptors (Lipinski definition) is 4. The van der Waals surface area contributed by atoms with Gasteiger partial charge in [0.05, 0.1) is 4.90 Å². The van der Waals surface area contributed by atoms with Gasteiger partial charge in [-0.3, -0.25) is 9.67 Å². The van der Waals surface area contributed by atoms with Gasteiger partial charge in [0.1, 0.15) is 0 Å². The molecule has 0 aliphatic carbocycles. The van der Waals surface area contributed by atoms with Crippen LogP contribution in [0.2, 0.25) is 0 Å². The van der Waals surface area contributed by atoms with Crippen molar-refractivity contribution in [2.75, 3.05) is 0 Å². The van der Waals surface area contributed by atoms with Crippen LogP contribution >= 0.6 is 12.2 Å². The number of rotatable bonds is 3. The Morgan fingerprint density at radius 1 is 1.05 bits per heavy atom. The van der Waals surface area contributed by atoms with Gasteiger partial charge in [-0.1, -0.05) is 18.2 Å². The summed E-state index contributed by atoms with van der Waals surface area (Å²) < 4.78 is 24.8. The SMILES string of the molecule is NS(=O)(=O)c1ccc(-c2n[nH]c(=S)n2-c2ccccc2)cc1. The molecule has 8 heteroatoms. The Bertz CT molecular complexity index is 958. The lowest BCUT2D eigenvalue weighted by molar-refractivity contribution is 0.598. The van der Waals surface area contributed by atoms with Crippen molar-refractivity contribution in [3.63, 3.8) is 0 Å². The Balaban J connectivity index is 2.13. The standard InChI is InChI=1S/C14H12N4O2S2/c15-22(19,20)12-8-6-10(7-9-12)13-16-17-14(21)18(13)11-4-2-1-3-5-11/h1-9H,(H,17,21)(H2,15,19,20). The van der Waals surface area contributed by atoms with E-state index in [0.29, 0.717) is 10.6 Å². The molecule has 0 bridgehead atoms. The summed E-state index contributed by atoms with van der Waals surface area (Å²) in [5.41, 5.74) is 1.59. The van der Waals surface area contributed by atoms with E-state index in [2.05, 4.69) is 10.2 Å². The van der Waals surface area contributed by atoms with Gasteiger partial charge in [-0.2, -0.15) is 5.10 Å². The Labute approximate surface area is 132 Å².